The average molecular weight is 324 g/mol. The summed E-state index contributed by atoms with van der Waals surface area (Å²) < 4.78 is 1.34. The first-order valence-corrected chi connectivity index (χ1v) is 7.78. The highest BCUT2D eigenvalue weighted by atomic mass is 35.5. The van der Waals surface area contributed by atoms with Gasteiger partial charge in [0, 0.05) is 22.5 Å². The molecule has 0 atom stereocenters. The number of nitrogens with one attached hydrogen (secondary N) is 1. The monoisotopic (exact) mass is 323 g/mol. The Kier molecular flexibility index (Phi) is 5.03. The predicted molar refractivity (Wildman–Crippen MR) is 85.1 cm³/mol. The molecule has 5 nitrogen and oxygen atoms in total. The van der Waals surface area contributed by atoms with E-state index in [0.29, 0.717) is 21.6 Å². The SMILES string of the molecule is CSc1nc(C)cc(=O)n1CC(=O)Nc1cccc(Cl)c1. The van der Waals surface area contributed by atoms with Gasteiger partial charge < -0.3 is 5.32 Å². The molecule has 2 rings (SSSR count). The van der Waals surface area contributed by atoms with E-state index < -0.39 is 0 Å². The van der Waals surface area contributed by atoms with Gasteiger partial charge in [-0.1, -0.05) is 29.4 Å². The van der Waals surface area contributed by atoms with E-state index in [0.717, 1.165) is 0 Å². The summed E-state index contributed by atoms with van der Waals surface area (Å²) in [6, 6.07) is 8.25. The molecule has 21 heavy (non-hydrogen) atoms. The molecular weight excluding hydrogens is 310 g/mol. The van der Waals surface area contributed by atoms with Crippen molar-refractivity contribution in [2.24, 2.45) is 0 Å². The van der Waals surface area contributed by atoms with Crippen LogP contribution in [0.5, 0.6) is 0 Å². The maximum atomic E-state index is 12.0. The van der Waals surface area contributed by atoms with E-state index in [1.54, 1.807) is 31.2 Å². The Bertz CT molecular complexity index is 730. The number of hydrogen-bond donors (Lipinski definition) is 1. The lowest BCUT2D eigenvalue weighted by Crippen LogP contribution is -2.29. The van der Waals surface area contributed by atoms with Gasteiger partial charge in [-0.3, -0.25) is 14.2 Å². The van der Waals surface area contributed by atoms with E-state index in [9.17, 15) is 9.59 Å². The first kappa shape index (κ1) is 15.6. The fraction of sp³-hybridized carbons (Fsp3) is 0.214. The molecule has 0 saturated carbocycles. The van der Waals surface area contributed by atoms with E-state index in [4.69, 9.17) is 11.6 Å². The van der Waals surface area contributed by atoms with Crippen LogP contribution >= 0.6 is 23.4 Å². The second-order valence-corrected chi connectivity index (χ2v) is 5.58. The van der Waals surface area contributed by atoms with Crippen LogP contribution in [0.15, 0.2) is 40.3 Å². The Hall–Kier alpha value is -1.79. The Morgan fingerprint density at radius 1 is 1.43 bits per heavy atom. The molecule has 0 spiro atoms. The number of nitrogens with zero attached hydrogens (tertiary/aromatic N) is 2. The van der Waals surface area contributed by atoms with Crippen molar-refractivity contribution in [1.82, 2.24) is 9.55 Å². The van der Waals surface area contributed by atoms with Gasteiger partial charge in [-0.05, 0) is 31.4 Å². The zero-order valence-electron chi connectivity index (χ0n) is 11.6. The zero-order chi connectivity index (χ0) is 15.4. The summed E-state index contributed by atoms with van der Waals surface area (Å²) in [7, 11) is 0. The number of aryl methyl sites for hydroxylation is 1. The molecule has 1 aromatic carbocycles. The lowest BCUT2D eigenvalue weighted by molar-refractivity contribution is -0.116. The second-order valence-electron chi connectivity index (χ2n) is 4.37. The van der Waals surface area contributed by atoms with Gasteiger partial charge in [-0.15, -0.1) is 0 Å². The third-order valence-corrected chi connectivity index (χ3v) is 3.61. The first-order chi connectivity index (χ1) is 9.99. The van der Waals surface area contributed by atoms with E-state index in [-0.39, 0.29) is 18.0 Å². The number of thioether (sulfide) groups is 1. The number of carbonyl (C=O) groups excluding carboxylic acids is 1. The van der Waals surface area contributed by atoms with Crippen LogP contribution in [0.4, 0.5) is 5.69 Å². The van der Waals surface area contributed by atoms with E-state index in [1.165, 1.54) is 22.4 Å². The van der Waals surface area contributed by atoms with Gasteiger partial charge in [0.15, 0.2) is 5.16 Å². The Morgan fingerprint density at radius 3 is 2.86 bits per heavy atom. The Morgan fingerprint density at radius 2 is 2.19 bits per heavy atom. The van der Waals surface area contributed by atoms with Crippen molar-refractivity contribution in [3.05, 3.63) is 51.4 Å². The molecule has 0 fully saturated rings. The van der Waals surface area contributed by atoms with Crippen molar-refractivity contribution < 1.29 is 4.79 Å². The number of rotatable bonds is 4. The fourth-order valence-corrected chi connectivity index (χ4v) is 2.61. The standard InChI is InChI=1S/C14H14ClN3O2S/c1-9-6-13(20)18(14(16-9)21-2)8-12(19)17-11-5-3-4-10(15)7-11/h3-7H,8H2,1-2H3,(H,17,19). The number of benzene rings is 1. The largest absolute Gasteiger partial charge is 0.324 e. The third kappa shape index (κ3) is 4.09. The van der Waals surface area contributed by atoms with Gasteiger partial charge in [-0.25, -0.2) is 4.98 Å². The van der Waals surface area contributed by atoms with Crippen LogP contribution < -0.4 is 10.9 Å². The summed E-state index contributed by atoms with van der Waals surface area (Å²) in [5.41, 5.74) is 0.982. The van der Waals surface area contributed by atoms with Crippen molar-refractivity contribution in [3.8, 4) is 0 Å². The van der Waals surface area contributed by atoms with Gasteiger partial charge in [-0.2, -0.15) is 0 Å². The summed E-state index contributed by atoms with van der Waals surface area (Å²) in [5.74, 6) is -0.305. The Labute approximate surface area is 131 Å². The molecular formula is C14H14ClN3O2S. The van der Waals surface area contributed by atoms with Crippen molar-refractivity contribution in [3.63, 3.8) is 0 Å². The molecule has 110 valence electrons. The number of hydrogen-bond acceptors (Lipinski definition) is 4. The molecule has 0 aliphatic heterocycles. The summed E-state index contributed by atoms with van der Waals surface area (Å²) in [6.45, 7) is 1.66. The Balaban J connectivity index is 2.18. The molecule has 0 saturated heterocycles. The average Bonchev–Trinajstić information content (AvgIpc) is 2.41. The molecule has 0 aliphatic rings. The molecule has 0 unspecified atom stereocenters. The van der Waals surface area contributed by atoms with Crippen LogP contribution in [0.2, 0.25) is 5.02 Å². The number of anilines is 1. The van der Waals surface area contributed by atoms with Crippen LogP contribution in [0.1, 0.15) is 5.69 Å². The highest BCUT2D eigenvalue weighted by molar-refractivity contribution is 7.98. The van der Waals surface area contributed by atoms with Crippen LogP contribution in [-0.2, 0) is 11.3 Å². The lowest BCUT2D eigenvalue weighted by atomic mass is 10.3. The van der Waals surface area contributed by atoms with Crippen molar-refractivity contribution in [2.75, 3.05) is 11.6 Å². The highest BCUT2D eigenvalue weighted by Gasteiger charge is 2.11. The van der Waals surface area contributed by atoms with E-state index in [1.807, 2.05) is 6.26 Å². The number of carbonyl (C=O) groups is 1. The molecule has 2 aromatic rings. The minimum atomic E-state index is -0.305. The minimum Gasteiger partial charge on any atom is -0.324 e. The smallest absolute Gasteiger partial charge is 0.254 e. The van der Waals surface area contributed by atoms with Gasteiger partial charge in [0.1, 0.15) is 6.54 Å². The predicted octanol–water partition coefficient (Wildman–Crippen LogP) is 2.57. The van der Waals surface area contributed by atoms with Crippen LogP contribution in [0, 0.1) is 6.92 Å². The summed E-state index contributed by atoms with van der Waals surface area (Å²) in [5, 5.41) is 3.75. The maximum Gasteiger partial charge on any atom is 0.254 e. The van der Waals surface area contributed by atoms with Crippen molar-refractivity contribution in [2.45, 2.75) is 18.6 Å². The van der Waals surface area contributed by atoms with Gasteiger partial charge in [0.2, 0.25) is 5.91 Å². The molecule has 0 aliphatic carbocycles. The number of amides is 1. The molecule has 7 heteroatoms. The minimum absolute atomic E-state index is 0.0885. The summed E-state index contributed by atoms with van der Waals surface area (Å²) in [6.07, 6.45) is 1.81. The lowest BCUT2D eigenvalue weighted by Gasteiger charge is -2.11. The van der Waals surface area contributed by atoms with Gasteiger partial charge in [0.25, 0.3) is 5.56 Å². The molecule has 1 heterocycles. The maximum absolute atomic E-state index is 12.0. The van der Waals surface area contributed by atoms with Crippen molar-refractivity contribution >= 4 is 35.0 Å². The molecule has 0 radical (unpaired) electrons. The van der Waals surface area contributed by atoms with Crippen molar-refractivity contribution in [1.29, 1.82) is 0 Å². The van der Waals surface area contributed by atoms with Gasteiger partial charge >= 0.3 is 0 Å². The normalized spacial score (nSPS) is 10.4. The summed E-state index contributed by atoms with van der Waals surface area (Å²) in [4.78, 5) is 28.3. The van der Waals surface area contributed by atoms with Gasteiger partial charge in [0.05, 0.1) is 0 Å². The summed E-state index contributed by atoms with van der Waals surface area (Å²) >= 11 is 7.18. The third-order valence-electron chi connectivity index (χ3n) is 2.69. The topological polar surface area (TPSA) is 64.0 Å². The number of aromatic nitrogens is 2. The molecule has 1 amide bonds. The van der Waals surface area contributed by atoms with Crippen LogP contribution in [-0.4, -0.2) is 21.7 Å². The second kappa shape index (κ2) is 6.78. The molecule has 1 N–H and O–H groups in total. The molecule has 1 aromatic heterocycles. The fourth-order valence-electron chi connectivity index (χ4n) is 1.81. The van der Waals surface area contributed by atoms with Crippen LogP contribution in [0.3, 0.4) is 0 Å². The first-order valence-electron chi connectivity index (χ1n) is 6.17. The quantitative estimate of drug-likeness (QED) is 0.694. The molecule has 0 bridgehead atoms. The van der Waals surface area contributed by atoms with E-state index in [2.05, 4.69) is 10.3 Å². The van der Waals surface area contributed by atoms with Crippen LogP contribution in [0.25, 0.3) is 0 Å². The van der Waals surface area contributed by atoms with E-state index >= 15 is 0 Å². The number of halogens is 1. The highest BCUT2D eigenvalue weighted by Crippen LogP contribution is 2.15. The zero-order valence-corrected chi connectivity index (χ0v) is 13.2.